The van der Waals surface area contributed by atoms with E-state index in [4.69, 9.17) is 11.6 Å². The van der Waals surface area contributed by atoms with Gasteiger partial charge in [-0.15, -0.1) is 11.3 Å². The van der Waals surface area contributed by atoms with E-state index in [1.807, 2.05) is 0 Å². The van der Waals surface area contributed by atoms with Crippen LogP contribution in [0.5, 0.6) is 0 Å². The molecule has 8 heteroatoms. The number of Topliss-reactive ketones (excluding diaryl/α,β-unsaturated/α-hetero) is 1. The largest absolute Gasteiger partial charge is 0.299 e. The predicted molar refractivity (Wildman–Crippen MR) is 86.3 cm³/mol. The van der Waals surface area contributed by atoms with Crippen molar-refractivity contribution >= 4 is 54.7 Å². The number of carbonyl (C=O) groups is 1. The van der Waals surface area contributed by atoms with E-state index in [1.54, 1.807) is 0 Å². The van der Waals surface area contributed by atoms with Gasteiger partial charge in [0.1, 0.15) is 9.99 Å². The number of nitrogens with zero attached hydrogens (tertiary/aromatic N) is 1. The van der Waals surface area contributed by atoms with Crippen LogP contribution in [0.1, 0.15) is 32.1 Å². The average molecular weight is 413 g/mol. The van der Waals surface area contributed by atoms with Gasteiger partial charge in [-0.3, -0.25) is 4.79 Å². The molecular formula is C13H15BrClNO3S2. The smallest absolute Gasteiger partial charge is 0.252 e. The summed E-state index contributed by atoms with van der Waals surface area (Å²) in [6, 6.07) is 1.31. The van der Waals surface area contributed by atoms with Crippen molar-refractivity contribution < 1.29 is 13.2 Å². The van der Waals surface area contributed by atoms with E-state index in [0.717, 1.165) is 37.0 Å². The maximum atomic E-state index is 12.8. The Hall–Kier alpha value is 0.0500. The van der Waals surface area contributed by atoms with Crippen molar-refractivity contribution in [3.05, 3.63) is 14.9 Å². The Balaban J connectivity index is 1.92. The van der Waals surface area contributed by atoms with Crippen LogP contribution in [0, 0.1) is 5.92 Å². The summed E-state index contributed by atoms with van der Waals surface area (Å²) in [4.78, 5) is 12.0. The molecule has 1 aliphatic carbocycles. The first kappa shape index (κ1) is 15.9. The predicted octanol–water partition coefficient (Wildman–Crippen LogP) is 3.69. The molecule has 3 rings (SSSR count). The normalized spacial score (nSPS) is 27.6. The standard InChI is InChI=1S/C13H15BrClNO3S2/c14-13-9(15)7-12(20-13)21(18,19)16-6-2-4-10(16)8-3-1-5-11(8)17/h7-8,10H,1-6H2. The minimum Gasteiger partial charge on any atom is -0.299 e. The van der Waals surface area contributed by atoms with Crippen LogP contribution in [0.2, 0.25) is 5.02 Å². The molecule has 2 unspecified atom stereocenters. The summed E-state index contributed by atoms with van der Waals surface area (Å²) in [5, 5.41) is 0.409. The Kier molecular flexibility index (Phi) is 4.49. The fourth-order valence-electron chi connectivity index (χ4n) is 3.29. The van der Waals surface area contributed by atoms with Crippen LogP contribution in [0.25, 0.3) is 0 Å². The Morgan fingerprint density at radius 2 is 2.10 bits per heavy atom. The summed E-state index contributed by atoms with van der Waals surface area (Å²) >= 11 is 10.3. The molecule has 2 aliphatic rings. The second kappa shape index (κ2) is 5.92. The summed E-state index contributed by atoms with van der Waals surface area (Å²) in [6.45, 7) is 0.490. The van der Waals surface area contributed by atoms with E-state index in [1.165, 1.54) is 10.4 Å². The van der Waals surface area contributed by atoms with Crippen LogP contribution in [-0.4, -0.2) is 31.1 Å². The Morgan fingerprint density at radius 1 is 1.33 bits per heavy atom. The van der Waals surface area contributed by atoms with Gasteiger partial charge in [0.05, 0.1) is 8.81 Å². The van der Waals surface area contributed by atoms with E-state index in [-0.39, 0.29) is 22.0 Å². The van der Waals surface area contributed by atoms with E-state index < -0.39 is 10.0 Å². The molecule has 2 atom stereocenters. The van der Waals surface area contributed by atoms with Crippen molar-refractivity contribution in [3.63, 3.8) is 0 Å². The number of sulfonamides is 1. The van der Waals surface area contributed by atoms with Gasteiger partial charge < -0.3 is 0 Å². The van der Waals surface area contributed by atoms with Gasteiger partial charge in [-0.1, -0.05) is 11.6 Å². The first-order chi connectivity index (χ1) is 9.91. The molecule has 0 aromatic carbocycles. The molecule has 1 aliphatic heterocycles. The van der Waals surface area contributed by atoms with Gasteiger partial charge >= 0.3 is 0 Å². The maximum Gasteiger partial charge on any atom is 0.252 e. The molecule has 116 valence electrons. The molecular weight excluding hydrogens is 398 g/mol. The second-order valence-corrected chi connectivity index (χ2v) is 10.4. The average Bonchev–Trinajstić information content (AvgIpc) is 3.11. The Bertz CT molecular complexity index is 653. The lowest BCUT2D eigenvalue weighted by atomic mass is 9.96. The zero-order valence-corrected chi connectivity index (χ0v) is 15.2. The van der Waals surface area contributed by atoms with Gasteiger partial charge in [-0.2, -0.15) is 4.31 Å². The minimum absolute atomic E-state index is 0.124. The van der Waals surface area contributed by atoms with Crippen molar-refractivity contribution in [3.8, 4) is 0 Å². The molecule has 21 heavy (non-hydrogen) atoms. The van der Waals surface area contributed by atoms with Gasteiger partial charge in [0.15, 0.2) is 0 Å². The third kappa shape index (κ3) is 2.83. The zero-order valence-electron chi connectivity index (χ0n) is 11.2. The summed E-state index contributed by atoms with van der Waals surface area (Å²) in [7, 11) is -3.57. The molecule has 2 heterocycles. The highest BCUT2D eigenvalue weighted by Gasteiger charge is 2.43. The van der Waals surface area contributed by atoms with Crippen LogP contribution < -0.4 is 0 Å². The number of ketones is 1. The summed E-state index contributed by atoms with van der Waals surface area (Å²) in [5.41, 5.74) is 0. The van der Waals surface area contributed by atoms with Crippen molar-refractivity contribution in [1.29, 1.82) is 0 Å². The first-order valence-electron chi connectivity index (χ1n) is 6.90. The molecule has 0 spiro atoms. The first-order valence-corrected chi connectivity index (χ1v) is 10.3. The van der Waals surface area contributed by atoms with Crippen LogP contribution in [0.3, 0.4) is 0 Å². The van der Waals surface area contributed by atoms with Gasteiger partial charge in [0, 0.05) is 24.9 Å². The van der Waals surface area contributed by atoms with Gasteiger partial charge in [-0.25, -0.2) is 8.42 Å². The number of thiophene rings is 1. The van der Waals surface area contributed by atoms with Crippen molar-refractivity contribution in [2.24, 2.45) is 5.92 Å². The fourth-order valence-corrected chi connectivity index (χ4v) is 7.54. The summed E-state index contributed by atoms with van der Waals surface area (Å²) < 4.78 is 28.0. The number of hydrogen-bond acceptors (Lipinski definition) is 4. The molecule has 1 aromatic rings. The Morgan fingerprint density at radius 3 is 2.67 bits per heavy atom. The highest BCUT2D eigenvalue weighted by atomic mass is 79.9. The van der Waals surface area contributed by atoms with Gasteiger partial charge in [0.2, 0.25) is 0 Å². The van der Waals surface area contributed by atoms with E-state index in [0.29, 0.717) is 21.8 Å². The number of carbonyl (C=O) groups excluding carboxylic acids is 1. The molecule has 1 saturated heterocycles. The maximum absolute atomic E-state index is 12.8. The highest BCUT2D eigenvalue weighted by Crippen LogP contribution is 2.40. The summed E-state index contributed by atoms with van der Waals surface area (Å²) in [6.07, 6.45) is 3.87. The lowest BCUT2D eigenvalue weighted by Gasteiger charge is -2.27. The quantitative estimate of drug-likeness (QED) is 0.761. The lowest BCUT2D eigenvalue weighted by Crippen LogP contribution is -2.41. The molecule has 1 aromatic heterocycles. The Labute approximate surface area is 141 Å². The third-order valence-corrected chi connectivity index (χ3v) is 9.10. The third-order valence-electron chi connectivity index (χ3n) is 4.25. The monoisotopic (exact) mass is 411 g/mol. The van der Waals surface area contributed by atoms with Crippen molar-refractivity contribution in [2.75, 3.05) is 6.54 Å². The number of halogens is 2. The molecule has 2 fully saturated rings. The molecule has 0 N–H and O–H groups in total. The highest BCUT2D eigenvalue weighted by molar-refractivity contribution is 9.11. The summed E-state index contributed by atoms with van der Waals surface area (Å²) in [5.74, 6) is 0.0913. The van der Waals surface area contributed by atoms with Crippen molar-refractivity contribution in [1.82, 2.24) is 4.31 Å². The lowest BCUT2D eigenvalue weighted by molar-refractivity contribution is -0.121. The molecule has 1 saturated carbocycles. The fraction of sp³-hybridized carbons (Fsp3) is 0.615. The van der Waals surface area contributed by atoms with Crippen molar-refractivity contribution in [2.45, 2.75) is 42.4 Å². The molecule has 0 bridgehead atoms. The molecule has 0 radical (unpaired) electrons. The van der Waals surface area contributed by atoms with Crippen LogP contribution in [0.4, 0.5) is 0 Å². The van der Waals surface area contributed by atoms with E-state index in [2.05, 4.69) is 15.9 Å². The van der Waals surface area contributed by atoms with Crippen LogP contribution in [0.15, 0.2) is 14.1 Å². The zero-order chi connectivity index (χ0) is 15.2. The molecule has 4 nitrogen and oxygen atoms in total. The van der Waals surface area contributed by atoms with Gasteiger partial charge in [0.25, 0.3) is 10.0 Å². The van der Waals surface area contributed by atoms with E-state index >= 15 is 0 Å². The van der Waals surface area contributed by atoms with E-state index in [9.17, 15) is 13.2 Å². The van der Waals surface area contributed by atoms with Crippen LogP contribution >= 0.6 is 38.9 Å². The SMILES string of the molecule is O=C1CCCC1C1CCCN1S(=O)(=O)c1cc(Cl)c(Br)s1. The second-order valence-electron chi connectivity index (χ2n) is 5.48. The number of hydrogen-bond donors (Lipinski definition) is 0. The van der Waals surface area contributed by atoms with Gasteiger partial charge in [-0.05, 0) is 47.7 Å². The molecule has 0 amide bonds. The minimum atomic E-state index is -3.57. The topological polar surface area (TPSA) is 54.5 Å². The van der Waals surface area contributed by atoms with Crippen LogP contribution in [-0.2, 0) is 14.8 Å². The number of rotatable bonds is 3.